The van der Waals surface area contributed by atoms with E-state index >= 15 is 0 Å². The molecule has 1 saturated heterocycles. The van der Waals surface area contributed by atoms with Gasteiger partial charge in [0.25, 0.3) is 0 Å². The van der Waals surface area contributed by atoms with Gasteiger partial charge in [0.1, 0.15) is 17.7 Å². The molecule has 0 radical (unpaired) electrons. The number of hydrogen-bond donors (Lipinski definition) is 0. The molecule has 0 aliphatic carbocycles. The molecule has 37 heavy (non-hydrogen) atoms. The quantitative estimate of drug-likeness (QED) is 0.346. The lowest BCUT2D eigenvalue weighted by atomic mass is 9.90. The Bertz CT molecular complexity index is 1300. The molecule has 1 aromatic rings. The van der Waals surface area contributed by atoms with Crippen LogP contribution in [0.5, 0.6) is 0 Å². The molecule has 0 bridgehead atoms. The number of hydrogen-bond acceptors (Lipinski definition) is 4. The molecule has 0 spiro atoms. The molecule has 3 unspecified atom stereocenters. The Kier molecular flexibility index (Phi) is 6.93. The average Bonchev–Trinajstić information content (AvgIpc) is 3.60. The van der Waals surface area contributed by atoms with Gasteiger partial charge in [-0.25, -0.2) is 13.4 Å². The zero-order chi connectivity index (χ0) is 25.5. The van der Waals surface area contributed by atoms with Crippen molar-refractivity contribution in [2.45, 2.75) is 56.1 Å². The zero-order valence-corrected chi connectivity index (χ0v) is 22.3. The Balaban J connectivity index is 1.43. The van der Waals surface area contributed by atoms with Crippen LogP contribution in [-0.2, 0) is 0 Å². The maximum atomic E-state index is 14.0. The molecule has 0 saturated carbocycles. The summed E-state index contributed by atoms with van der Waals surface area (Å²) in [7, 11) is 0. The minimum absolute atomic E-state index is 0.0444. The van der Waals surface area contributed by atoms with Crippen molar-refractivity contribution in [1.82, 2.24) is 4.90 Å². The second kappa shape index (κ2) is 10.3. The fraction of sp³-hybridized carbons (Fsp3) is 0.414. The van der Waals surface area contributed by atoms with Crippen LogP contribution in [0.3, 0.4) is 0 Å². The smallest absolute Gasteiger partial charge is 0.174 e. The molecule has 0 N–H and O–H groups in total. The monoisotopic (exact) mass is 539 g/mol. The number of thioether (sulfide) groups is 1. The molecule has 5 aliphatic heterocycles. The number of aliphatic imine (C=N–C) groups is 2. The molecule has 0 aromatic heterocycles. The summed E-state index contributed by atoms with van der Waals surface area (Å²) in [6, 6.07) is 4.17. The van der Waals surface area contributed by atoms with Crippen LogP contribution in [0.15, 0.2) is 75.4 Å². The molecule has 5 atom stereocenters. The third-order valence-corrected chi connectivity index (χ3v) is 8.96. The largest absolute Gasteiger partial charge is 0.332 e. The normalized spacial score (nSPS) is 28.9. The lowest BCUT2D eigenvalue weighted by molar-refractivity contribution is -0.469. The highest BCUT2D eigenvalue weighted by Gasteiger charge is 2.43. The molecule has 192 valence electrons. The molecule has 5 heterocycles. The zero-order valence-electron chi connectivity index (χ0n) is 20.7. The highest BCUT2D eigenvalue weighted by Crippen LogP contribution is 2.46. The van der Waals surface area contributed by atoms with Gasteiger partial charge in [-0.2, -0.15) is 0 Å². The number of fused-ring (bicyclic) bond motifs is 1. The Morgan fingerprint density at radius 3 is 2.86 bits per heavy atom. The van der Waals surface area contributed by atoms with Crippen LogP contribution >= 0.6 is 23.4 Å². The van der Waals surface area contributed by atoms with E-state index in [0.29, 0.717) is 23.8 Å². The molecule has 4 nitrogen and oxygen atoms in total. The van der Waals surface area contributed by atoms with Crippen LogP contribution < -0.4 is 0 Å². The summed E-state index contributed by atoms with van der Waals surface area (Å²) in [5.41, 5.74) is 3.96. The standard InChI is InChI=1S/C29H30ClF2N4S/c1-18(31)5-7-21-8-10-24(33-21)27-25-14-19(16-35-11-3-12-35)17-36(25)29(26-4-2-13-37-26)34-28(27)22-9-6-20(32)15-23(22)30/h2-3,6,8-13,15,18-19,21,26,28H,4-5,7,14,16-17H2,1H3/q+1/t18?,19-,21?,26?,28+/m1/s1. The molecule has 1 fully saturated rings. The van der Waals surface area contributed by atoms with E-state index in [1.54, 1.807) is 24.8 Å². The van der Waals surface area contributed by atoms with Crippen LogP contribution in [0.25, 0.3) is 0 Å². The molecule has 5 aliphatic rings. The highest BCUT2D eigenvalue weighted by molar-refractivity contribution is 8.03. The van der Waals surface area contributed by atoms with Crippen LogP contribution in [0, 0.1) is 11.7 Å². The summed E-state index contributed by atoms with van der Waals surface area (Å²) in [4.78, 5) is 12.8. The molecule has 6 rings (SSSR count). The summed E-state index contributed by atoms with van der Waals surface area (Å²) in [6.45, 7) is 3.44. The molecular weight excluding hydrogens is 510 g/mol. The first-order valence-corrected chi connectivity index (χ1v) is 14.3. The SMILES string of the molecule is CC(F)CCC1C=CC(C2=C3C[C@H](C[N+]4=CC=C4)CN3C(C3CC=CS3)=N[C@H]2c2ccc(F)cc2Cl)=N1. The van der Waals surface area contributed by atoms with E-state index in [2.05, 4.69) is 51.6 Å². The van der Waals surface area contributed by atoms with Gasteiger partial charge in [-0.1, -0.05) is 29.8 Å². The van der Waals surface area contributed by atoms with E-state index in [1.165, 1.54) is 17.8 Å². The summed E-state index contributed by atoms with van der Waals surface area (Å²) in [6.07, 6.45) is 14.8. The fourth-order valence-corrected chi connectivity index (χ4v) is 6.92. The first-order chi connectivity index (χ1) is 18.0. The number of allylic oxidation sites excluding steroid dienone is 4. The van der Waals surface area contributed by atoms with Gasteiger partial charge in [-0.15, -0.1) is 11.8 Å². The van der Waals surface area contributed by atoms with Crippen molar-refractivity contribution in [3.8, 4) is 0 Å². The molecular formula is C29H30ClF2N4S+. The first-order valence-electron chi connectivity index (χ1n) is 13.0. The van der Waals surface area contributed by atoms with E-state index in [4.69, 9.17) is 21.6 Å². The van der Waals surface area contributed by atoms with Crippen LogP contribution in [0.4, 0.5) is 8.78 Å². The third-order valence-electron chi connectivity index (χ3n) is 7.55. The van der Waals surface area contributed by atoms with Crippen LogP contribution in [0.2, 0.25) is 5.02 Å². The van der Waals surface area contributed by atoms with Crippen molar-refractivity contribution in [2.24, 2.45) is 15.9 Å². The Morgan fingerprint density at radius 2 is 2.16 bits per heavy atom. The van der Waals surface area contributed by atoms with Gasteiger partial charge in [0, 0.05) is 34.3 Å². The maximum Gasteiger partial charge on any atom is 0.174 e. The second-order valence-electron chi connectivity index (χ2n) is 10.3. The van der Waals surface area contributed by atoms with Gasteiger partial charge >= 0.3 is 0 Å². The number of nitrogens with zero attached hydrogens (tertiary/aromatic N) is 4. The lowest BCUT2D eigenvalue weighted by Gasteiger charge is -2.35. The van der Waals surface area contributed by atoms with Gasteiger partial charge in [-0.3, -0.25) is 9.98 Å². The Hall–Kier alpha value is -2.51. The highest BCUT2D eigenvalue weighted by atomic mass is 35.5. The molecule has 8 heteroatoms. The minimum atomic E-state index is -0.849. The van der Waals surface area contributed by atoms with E-state index in [0.717, 1.165) is 48.6 Å². The van der Waals surface area contributed by atoms with Crippen LogP contribution in [-0.4, -0.2) is 57.8 Å². The Morgan fingerprint density at radius 1 is 1.30 bits per heavy atom. The average molecular weight is 540 g/mol. The summed E-state index contributed by atoms with van der Waals surface area (Å²) in [5.74, 6) is 1.14. The number of alkyl halides is 1. The third kappa shape index (κ3) is 5.00. The maximum absolute atomic E-state index is 14.0. The van der Waals surface area contributed by atoms with Crippen molar-refractivity contribution >= 4 is 41.1 Å². The predicted molar refractivity (Wildman–Crippen MR) is 149 cm³/mol. The van der Waals surface area contributed by atoms with Crippen LogP contribution in [0.1, 0.15) is 44.2 Å². The van der Waals surface area contributed by atoms with Gasteiger partial charge in [0.15, 0.2) is 19.0 Å². The Labute approximate surface area is 225 Å². The number of amidine groups is 1. The van der Waals surface area contributed by atoms with E-state index in [9.17, 15) is 8.78 Å². The topological polar surface area (TPSA) is 31.0 Å². The van der Waals surface area contributed by atoms with Crippen molar-refractivity contribution < 1.29 is 13.4 Å². The lowest BCUT2D eigenvalue weighted by Crippen LogP contribution is -2.40. The second-order valence-corrected chi connectivity index (χ2v) is 11.8. The summed E-state index contributed by atoms with van der Waals surface area (Å²) >= 11 is 8.44. The number of benzene rings is 1. The predicted octanol–water partition coefficient (Wildman–Crippen LogP) is 6.66. The van der Waals surface area contributed by atoms with E-state index in [-0.39, 0.29) is 23.2 Å². The van der Waals surface area contributed by atoms with E-state index in [1.807, 2.05) is 0 Å². The summed E-state index contributed by atoms with van der Waals surface area (Å²) in [5, 5.41) is 2.77. The van der Waals surface area contributed by atoms with Crippen molar-refractivity contribution in [3.05, 3.63) is 81.8 Å². The minimum Gasteiger partial charge on any atom is -0.332 e. The van der Waals surface area contributed by atoms with Crippen molar-refractivity contribution in [2.75, 3.05) is 13.1 Å². The number of rotatable bonds is 8. The van der Waals surface area contributed by atoms with Gasteiger partial charge in [-0.05, 0) is 56.2 Å². The van der Waals surface area contributed by atoms with Crippen molar-refractivity contribution in [3.63, 3.8) is 0 Å². The van der Waals surface area contributed by atoms with Gasteiger partial charge < -0.3 is 4.90 Å². The molecule has 1 aromatic carbocycles. The van der Waals surface area contributed by atoms with E-state index < -0.39 is 6.17 Å². The number of halogens is 3. The summed E-state index contributed by atoms with van der Waals surface area (Å²) < 4.78 is 29.8. The van der Waals surface area contributed by atoms with Gasteiger partial charge in [0.2, 0.25) is 0 Å². The fourth-order valence-electron chi connectivity index (χ4n) is 5.71. The first kappa shape index (κ1) is 24.8. The van der Waals surface area contributed by atoms with Crippen molar-refractivity contribution in [1.29, 1.82) is 0 Å². The molecule has 0 amide bonds. The van der Waals surface area contributed by atoms with Gasteiger partial charge in [0.05, 0.1) is 29.3 Å².